The first-order chi connectivity index (χ1) is 13.2. The maximum atomic E-state index is 13.8. The van der Waals surface area contributed by atoms with E-state index >= 15 is 0 Å². The summed E-state index contributed by atoms with van der Waals surface area (Å²) < 4.78 is 39.3. The quantitative estimate of drug-likeness (QED) is 0.441. The van der Waals surface area contributed by atoms with Gasteiger partial charge in [-0.05, 0) is 48.8 Å². The Bertz CT molecular complexity index is 875. The maximum absolute atomic E-state index is 13.8. The molecule has 0 bridgehead atoms. The van der Waals surface area contributed by atoms with Gasteiger partial charge in [-0.25, -0.2) is 8.78 Å². The van der Waals surface area contributed by atoms with Crippen molar-refractivity contribution in [3.05, 3.63) is 50.2 Å². The van der Waals surface area contributed by atoms with Crippen molar-refractivity contribution in [3.8, 4) is 11.9 Å². The Labute approximate surface area is 169 Å². The third-order valence-corrected chi connectivity index (χ3v) is 4.34. The van der Waals surface area contributed by atoms with Crippen molar-refractivity contribution in [1.29, 1.82) is 0 Å². The van der Waals surface area contributed by atoms with E-state index in [0.29, 0.717) is 6.54 Å². The number of rotatable bonds is 9. The third-order valence-electron chi connectivity index (χ3n) is 3.67. The van der Waals surface area contributed by atoms with Crippen LogP contribution >= 0.6 is 15.9 Å². The average molecular weight is 462 g/mol. The highest BCUT2D eigenvalue weighted by Gasteiger charge is 2.19. The van der Waals surface area contributed by atoms with Crippen LogP contribution in [0, 0.1) is 11.6 Å². The normalized spacial score (nSPS) is 12.3. The minimum Gasteiger partial charge on any atom is -0.472 e. The second-order valence-corrected chi connectivity index (χ2v) is 7.08. The molecule has 10 heteroatoms. The number of aliphatic hydroxyl groups excluding tert-OH is 1. The molecule has 7 nitrogen and oxygen atoms in total. The van der Waals surface area contributed by atoms with Crippen molar-refractivity contribution in [2.24, 2.45) is 0 Å². The lowest BCUT2D eigenvalue weighted by atomic mass is 10.2. The number of nitrogens with zero attached hydrogens (tertiary/aromatic N) is 2. The summed E-state index contributed by atoms with van der Waals surface area (Å²) in [6, 6.07) is 2.92. The van der Waals surface area contributed by atoms with E-state index in [1.165, 1.54) is 10.6 Å². The van der Waals surface area contributed by atoms with Crippen LogP contribution in [0.1, 0.15) is 32.4 Å². The SMILES string of the molecule is CC(O)NCCOc1nc(OCc2ccc(F)cc2F)c(Br)c(=O)n1C(C)C. The minimum atomic E-state index is -0.757. The van der Waals surface area contributed by atoms with Crippen LogP contribution in [0.25, 0.3) is 0 Å². The molecule has 28 heavy (non-hydrogen) atoms. The van der Waals surface area contributed by atoms with Crippen molar-refractivity contribution >= 4 is 15.9 Å². The van der Waals surface area contributed by atoms with Crippen LogP contribution in [-0.2, 0) is 6.61 Å². The van der Waals surface area contributed by atoms with Gasteiger partial charge in [0.1, 0.15) is 35.5 Å². The zero-order chi connectivity index (χ0) is 20.8. The van der Waals surface area contributed by atoms with Gasteiger partial charge in [-0.15, -0.1) is 0 Å². The van der Waals surface area contributed by atoms with Crippen LogP contribution in [0.3, 0.4) is 0 Å². The number of aromatic nitrogens is 2. The fourth-order valence-corrected chi connectivity index (χ4v) is 2.72. The van der Waals surface area contributed by atoms with Crippen molar-refractivity contribution in [3.63, 3.8) is 0 Å². The standard InChI is InChI=1S/C18H22BrF2N3O4/c1-10(2)24-17(26)15(19)16(23-18(24)27-7-6-22-11(3)25)28-9-12-4-5-13(20)8-14(12)21/h4-5,8,10-11,22,25H,6-7,9H2,1-3H3. The van der Waals surface area contributed by atoms with Gasteiger partial charge in [-0.1, -0.05) is 0 Å². The summed E-state index contributed by atoms with van der Waals surface area (Å²) in [5.74, 6) is -1.52. The molecule has 154 valence electrons. The molecule has 0 radical (unpaired) electrons. The topological polar surface area (TPSA) is 85.6 Å². The first-order valence-corrected chi connectivity index (χ1v) is 9.43. The second kappa shape index (κ2) is 9.94. The van der Waals surface area contributed by atoms with Gasteiger partial charge in [0.2, 0.25) is 5.88 Å². The van der Waals surface area contributed by atoms with Crippen LogP contribution in [0.4, 0.5) is 8.78 Å². The first-order valence-electron chi connectivity index (χ1n) is 8.63. The van der Waals surface area contributed by atoms with E-state index in [0.717, 1.165) is 12.1 Å². The molecule has 0 saturated carbocycles. The summed E-state index contributed by atoms with van der Waals surface area (Å²) in [4.78, 5) is 16.9. The molecule has 1 unspecified atom stereocenters. The summed E-state index contributed by atoms with van der Waals surface area (Å²) in [7, 11) is 0. The Balaban J connectivity index is 2.24. The zero-order valence-electron chi connectivity index (χ0n) is 15.7. The Morgan fingerprint density at radius 1 is 1.29 bits per heavy atom. The van der Waals surface area contributed by atoms with E-state index < -0.39 is 23.4 Å². The Morgan fingerprint density at radius 2 is 2.00 bits per heavy atom. The summed E-state index contributed by atoms with van der Waals surface area (Å²) in [6.07, 6.45) is -0.696. The molecule has 0 amide bonds. The molecule has 0 spiro atoms. The molecule has 2 N–H and O–H groups in total. The number of benzene rings is 1. The van der Waals surface area contributed by atoms with Gasteiger partial charge in [0.25, 0.3) is 5.56 Å². The number of aliphatic hydroxyl groups is 1. The van der Waals surface area contributed by atoms with E-state index in [2.05, 4.69) is 26.2 Å². The van der Waals surface area contributed by atoms with E-state index in [-0.39, 0.29) is 41.2 Å². The highest BCUT2D eigenvalue weighted by molar-refractivity contribution is 9.10. The molecule has 2 aromatic rings. The molecular weight excluding hydrogens is 440 g/mol. The lowest BCUT2D eigenvalue weighted by Crippen LogP contribution is -2.31. The van der Waals surface area contributed by atoms with Crippen LogP contribution < -0.4 is 20.3 Å². The van der Waals surface area contributed by atoms with Gasteiger partial charge in [-0.3, -0.25) is 14.7 Å². The van der Waals surface area contributed by atoms with Gasteiger partial charge in [-0.2, -0.15) is 4.98 Å². The Kier molecular flexibility index (Phi) is 7.90. The number of halogens is 3. The molecule has 0 aliphatic heterocycles. The number of hydrogen-bond donors (Lipinski definition) is 2. The highest BCUT2D eigenvalue weighted by Crippen LogP contribution is 2.25. The molecule has 1 atom stereocenters. The monoisotopic (exact) mass is 461 g/mol. The minimum absolute atomic E-state index is 0.0326. The Morgan fingerprint density at radius 3 is 2.61 bits per heavy atom. The number of ether oxygens (including phenoxy) is 2. The largest absolute Gasteiger partial charge is 0.472 e. The van der Waals surface area contributed by atoms with Crippen molar-refractivity contribution < 1.29 is 23.4 Å². The fourth-order valence-electron chi connectivity index (χ4n) is 2.32. The fraction of sp³-hybridized carbons (Fsp3) is 0.444. The highest BCUT2D eigenvalue weighted by atomic mass is 79.9. The van der Waals surface area contributed by atoms with Crippen LogP contribution in [0.2, 0.25) is 0 Å². The summed E-state index contributed by atoms with van der Waals surface area (Å²) in [6.45, 7) is 5.40. The van der Waals surface area contributed by atoms with Gasteiger partial charge in [0.05, 0.1) is 0 Å². The lowest BCUT2D eigenvalue weighted by Gasteiger charge is -2.18. The molecule has 2 rings (SSSR count). The summed E-state index contributed by atoms with van der Waals surface area (Å²) in [5, 5.41) is 12.0. The van der Waals surface area contributed by atoms with Gasteiger partial charge >= 0.3 is 6.01 Å². The third kappa shape index (κ3) is 5.73. The molecule has 1 heterocycles. The molecule has 1 aromatic carbocycles. The van der Waals surface area contributed by atoms with Crippen molar-refractivity contribution in [2.45, 2.75) is 39.6 Å². The van der Waals surface area contributed by atoms with Crippen LogP contribution in [0.15, 0.2) is 27.5 Å². The second-order valence-electron chi connectivity index (χ2n) is 6.29. The average Bonchev–Trinajstić information content (AvgIpc) is 2.61. The van der Waals surface area contributed by atoms with E-state index in [1.54, 1.807) is 20.8 Å². The van der Waals surface area contributed by atoms with Crippen LogP contribution in [-0.4, -0.2) is 34.0 Å². The smallest absolute Gasteiger partial charge is 0.302 e. The van der Waals surface area contributed by atoms with Gasteiger partial charge < -0.3 is 14.6 Å². The molecule has 0 fully saturated rings. The molecular formula is C18H22BrF2N3O4. The van der Waals surface area contributed by atoms with E-state index in [1.807, 2.05) is 0 Å². The maximum Gasteiger partial charge on any atom is 0.302 e. The molecule has 1 aromatic heterocycles. The summed E-state index contributed by atoms with van der Waals surface area (Å²) >= 11 is 3.16. The van der Waals surface area contributed by atoms with Crippen molar-refractivity contribution in [2.75, 3.05) is 13.2 Å². The lowest BCUT2D eigenvalue weighted by molar-refractivity contribution is 0.145. The zero-order valence-corrected chi connectivity index (χ0v) is 17.3. The van der Waals surface area contributed by atoms with Gasteiger partial charge in [0, 0.05) is 24.2 Å². The molecule has 0 aliphatic rings. The summed E-state index contributed by atoms with van der Waals surface area (Å²) in [5.41, 5.74) is -0.301. The molecule has 0 aliphatic carbocycles. The van der Waals surface area contributed by atoms with Gasteiger partial charge in [0.15, 0.2) is 0 Å². The van der Waals surface area contributed by atoms with Crippen LogP contribution in [0.5, 0.6) is 11.9 Å². The predicted molar refractivity (Wildman–Crippen MR) is 102 cm³/mol. The first kappa shape index (κ1) is 22.3. The Hall–Kier alpha value is -2.04. The number of nitrogens with one attached hydrogen (secondary N) is 1. The predicted octanol–water partition coefficient (Wildman–Crippen LogP) is 2.75. The number of hydrogen-bond acceptors (Lipinski definition) is 6. The van der Waals surface area contributed by atoms with Crippen molar-refractivity contribution in [1.82, 2.24) is 14.9 Å². The van der Waals surface area contributed by atoms with E-state index in [9.17, 15) is 18.7 Å². The molecule has 0 saturated heterocycles. The van der Waals surface area contributed by atoms with E-state index in [4.69, 9.17) is 9.47 Å².